The number of methoxy groups -OCH3 is 1. The normalized spacial score (nSPS) is 9.00. The molecule has 2 aromatic carbocycles. The fourth-order valence-electron chi connectivity index (χ4n) is 1.63. The number of anilines is 1. The molecule has 2 rings (SSSR count). The summed E-state index contributed by atoms with van der Waals surface area (Å²) >= 11 is 0. The van der Waals surface area contributed by atoms with E-state index >= 15 is 0 Å². The molecule has 102 valence electrons. The summed E-state index contributed by atoms with van der Waals surface area (Å²) in [5.74, 6) is 0.377. The summed E-state index contributed by atoms with van der Waals surface area (Å²) in [6.07, 6.45) is 0. The van der Waals surface area contributed by atoms with E-state index in [1.54, 1.807) is 55.6 Å². The fourth-order valence-corrected chi connectivity index (χ4v) is 1.63. The van der Waals surface area contributed by atoms with Gasteiger partial charge in [-0.3, -0.25) is 4.79 Å². The number of ether oxygens (including phenoxy) is 1. The largest absolute Gasteiger partial charge is 1.00 e. The molecule has 0 aliphatic heterocycles. The minimum atomic E-state index is -0.335. The highest BCUT2D eigenvalue weighted by atomic mass is 35.5. The van der Waals surface area contributed by atoms with Crippen LogP contribution in [0.2, 0.25) is 0 Å². The number of hydrogen-bond acceptors (Lipinski definition) is 3. The van der Waals surface area contributed by atoms with Gasteiger partial charge in [0, 0.05) is 11.8 Å². The molecule has 0 aliphatic carbocycles. The predicted octanol–water partition coefficient (Wildman–Crippen LogP) is 0.436. The molecule has 2 aromatic rings. The molecule has 0 saturated heterocycles. The Bertz CT molecular complexity index is 636. The zero-order valence-corrected chi connectivity index (χ0v) is 11.5. The number of halogens is 1. The fraction of sp³-hybridized carbons (Fsp3) is 0.0714. The van der Waals surface area contributed by atoms with Crippen molar-refractivity contribution in [3.05, 3.63) is 59.1 Å². The molecule has 6 heteroatoms. The number of nitrogens with one attached hydrogen (secondary N) is 1. The lowest BCUT2D eigenvalue weighted by Crippen LogP contribution is -3.00. The third-order valence-corrected chi connectivity index (χ3v) is 2.60. The SMILES string of the molecule is COc1ccc(NC(=O)c2ccccc2[N+]#N)cc1.[Cl-]. The minimum absolute atomic E-state index is 0. The summed E-state index contributed by atoms with van der Waals surface area (Å²) in [5, 5.41) is 11.5. The van der Waals surface area contributed by atoms with Crippen LogP contribution in [0.1, 0.15) is 10.4 Å². The Morgan fingerprint density at radius 3 is 2.40 bits per heavy atom. The van der Waals surface area contributed by atoms with Crippen LogP contribution >= 0.6 is 0 Å². The lowest BCUT2D eigenvalue weighted by atomic mass is 10.1. The molecule has 1 N–H and O–H groups in total. The van der Waals surface area contributed by atoms with Crippen molar-refractivity contribution in [2.24, 2.45) is 0 Å². The third kappa shape index (κ3) is 3.46. The van der Waals surface area contributed by atoms with Crippen LogP contribution in [0.4, 0.5) is 11.4 Å². The van der Waals surface area contributed by atoms with Gasteiger partial charge in [-0.15, -0.1) is 0 Å². The van der Waals surface area contributed by atoms with Gasteiger partial charge in [0.2, 0.25) is 5.39 Å². The van der Waals surface area contributed by atoms with Crippen molar-refractivity contribution in [3.8, 4) is 5.75 Å². The van der Waals surface area contributed by atoms with E-state index in [9.17, 15) is 4.79 Å². The standard InChI is InChI=1S/C14H11N3O2.ClH/c1-19-11-8-6-10(7-9-11)16-14(18)12-4-2-3-5-13(12)17-15;/h2-9H,1H3;1H. The van der Waals surface area contributed by atoms with E-state index in [2.05, 4.69) is 10.3 Å². The molecule has 1 amide bonds. The highest BCUT2D eigenvalue weighted by molar-refractivity contribution is 6.08. The average Bonchev–Trinajstić information content (AvgIpc) is 2.48. The molecule has 0 radical (unpaired) electrons. The van der Waals surface area contributed by atoms with Crippen LogP contribution in [-0.2, 0) is 0 Å². The second-order valence-electron chi connectivity index (χ2n) is 3.80. The highest BCUT2D eigenvalue weighted by Gasteiger charge is 2.19. The van der Waals surface area contributed by atoms with Crippen molar-refractivity contribution in [1.82, 2.24) is 0 Å². The van der Waals surface area contributed by atoms with Gasteiger partial charge in [-0.1, -0.05) is 12.1 Å². The van der Waals surface area contributed by atoms with Crippen LogP contribution in [-0.4, -0.2) is 13.0 Å². The smallest absolute Gasteiger partial charge is 0.397 e. The Balaban J connectivity index is 0.00000200. The van der Waals surface area contributed by atoms with Crippen LogP contribution in [0.3, 0.4) is 0 Å². The number of benzene rings is 2. The monoisotopic (exact) mass is 289 g/mol. The maximum Gasteiger partial charge on any atom is 0.397 e. The summed E-state index contributed by atoms with van der Waals surface area (Å²) in [7, 11) is 1.58. The maximum atomic E-state index is 12.0. The van der Waals surface area contributed by atoms with Crippen LogP contribution < -0.4 is 22.5 Å². The van der Waals surface area contributed by atoms with E-state index in [0.29, 0.717) is 17.0 Å². The Labute approximate surface area is 122 Å². The van der Waals surface area contributed by atoms with Crippen LogP contribution in [0, 0.1) is 5.39 Å². The van der Waals surface area contributed by atoms with Gasteiger partial charge in [-0.05, 0) is 30.3 Å². The molecular weight excluding hydrogens is 278 g/mol. The summed E-state index contributed by atoms with van der Waals surface area (Å²) in [5.41, 5.74) is 1.17. The van der Waals surface area contributed by atoms with E-state index < -0.39 is 0 Å². The predicted molar refractivity (Wildman–Crippen MR) is 72.1 cm³/mol. The maximum absolute atomic E-state index is 12.0. The number of carbonyl (C=O) groups is 1. The molecular formula is C14H12ClN3O2. The topological polar surface area (TPSA) is 66.5 Å². The van der Waals surface area contributed by atoms with E-state index in [0.717, 1.165) is 0 Å². The van der Waals surface area contributed by atoms with Crippen molar-refractivity contribution in [3.63, 3.8) is 0 Å². The first-order valence-electron chi connectivity index (χ1n) is 5.64. The van der Waals surface area contributed by atoms with Crippen LogP contribution in [0.25, 0.3) is 4.98 Å². The molecule has 0 aromatic heterocycles. The lowest BCUT2D eigenvalue weighted by Gasteiger charge is -2.05. The first-order chi connectivity index (χ1) is 9.24. The van der Waals surface area contributed by atoms with Crippen molar-refractivity contribution >= 4 is 17.3 Å². The molecule has 20 heavy (non-hydrogen) atoms. The zero-order valence-electron chi connectivity index (χ0n) is 10.7. The first-order valence-corrected chi connectivity index (χ1v) is 5.64. The van der Waals surface area contributed by atoms with Gasteiger partial charge in [-0.25, -0.2) is 0 Å². The molecule has 0 heterocycles. The molecule has 0 unspecified atom stereocenters. The zero-order chi connectivity index (χ0) is 13.7. The Morgan fingerprint density at radius 2 is 1.80 bits per heavy atom. The van der Waals surface area contributed by atoms with E-state index in [1.807, 2.05) is 0 Å². The Hall–Kier alpha value is -2.58. The van der Waals surface area contributed by atoms with Crippen LogP contribution in [0.15, 0.2) is 48.5 Å². The van der Waals surface area contributed by atoms with Crippen molar-refractivity contribution < 1.29 is 21.9 Å². The number of rotatable bonds is 3. The third-order valence-electron chi connectivity index (χ3n) is 2.60. The van der Waals surface area contributed by atoms with E-state index in [1.165, 1.54) is 0 Å². The van der Waals surface area contributed by atoms with E-state index in [4.69, 9.17) is 10.1 Å². The van der Waals surface area contributed by atoms with Gasteiger partial charge in [0.25, 0.3) is 5.91 Å². The van der Waals surface area contributed by atoms with Gasteiger partial charge in [0.15, 0.2) is 4.98 Å². The van der Waals surface area contributed by atoms with E-state index in [-0.39, 0.29) is 24.0 Å². The number of diazo groups is 1. The summed E-state index contributed by atoms with van der Waals surface area (Å²) < 4.78 is 5.03. The Kier molecular flexibility index (Phi) is 5.51. The second-order valence-corrected chi connectivity index (χ2v) is 3.80. The molecule has 0 fully saturated rings. The Morgan fingerprint density at radius 1 is 1.15 bits per heavy atom. The van der Waals surface area contributed by atoms with Gasteiger partial charge in [-0.2, -0.15) is 0 Å². The quantitative estimate of drug-likeness (QED) is 0.834. The highest BCUT2D eigenvalue weighted by Crippen LogP contribution is 2.21. The van der Waals surface area contributed by atoms with Crippen LogP contribution in [0.5, 0.6) is 5.75 Å². The molecule has 0 bridgehead atoms. The van der Waals surface area contributed by atoms with Crippen molar-refractivity contribution in [2.75, 3.05) is 12.4 Å². The number of amides is 1. The molecule has 0 spiro atoms. The summed E-state index contributed by atoms with van der Waals surface area (Å²) in [6.45, 7) is 0. The lowest BCUT2D eigenvalue weighted by molar-refractivity contribution is -0.0000120. The molecule has 0 aliphatic rings. The van der Waals surface area contributed by atoms with Gasteiger partial charge >= 0.3 is 5.69 Å². The van der Waals surface area contributed by atoms with Gasteiger partial charge < -0.3 is 22.5 Å². The molecule has 5 nitrogen and oxygen atoms in total. The van der Waals surface area contributed by atoms with Crippen molar-refractivity contribution in [1.29, 1.82) is 5.39 Å². The average molecular weight is 290 g/mol. The minimum Gasteiger partial charge on any atom is -1.00 e. The second kappa shape index (κ2) is 7.12. The van der Waals surface area contributed by atoms with Gasteiger partial charge in [0.05, 0.1) is 7.11 Å². The first kappa shape index (κ1) is 15.5. The summed E-state index contributed by atoms with van der Waals surface area (Å²) in [6, 6.07) is 13.5. The number of hydrogen-bond donors (Lipinski definition) is 1. The summed E-state index contributed by atoms with van der Waals surface area (Å²) in [4.78, 5) is 15.1. The molecule has 0 atom stereocenters. The van der Waals surface area contributed by atoms with Gasteiger partial charge in [0.1, 0.15) is 11.3 Å². The number of carbonyl (C=O) groups excluding carboxylic acids is 1. The number of nitrogens with zero attached hydrogens (tertiary/aromatic N) is 2. The van der Waals surface area contributed by atoms with Crippen molar-refractivity contribution in [2.45, 2.75) is 0 Å². The molecule has 0 saturated carbocycles.